The highest BCUT2D eigenvalue weighted by Gasteiger charge is 2.28. The number of anilines is 1. The fourth-order valence-corrected chi connectivity index (χ4v) is 3.69. The van der Waals surface area contributed by atoms with Crippen LogP contribution in [0.5, 0.6) is 0 Å². The van der Waals surface area contributed by atoms with Gasteiger partial charge in [-0.05, 0) is 50.3 Å². The number of hydrogen-bond acceptors (Lipinski definition) is 2. The highest BCUT2D eigenvalue weighted by Crippen LogP contribution is 2.35. The molecule has 0 unspecified atom stereocenters. The molecule has 1 fully saturated rings. The van der Waals surface area contributed by atoms with Gasteiger partial charge in [-0.15, -0.1) is 0 Å². The first-order chi connectivity index (χ1) is 9.03. The van der Waals surface area contributed by atoms with E-state index in [1.807, 2.05) is 13.8 Å². The number of benzene rings is 1. The molecule has 2 nitrogen and oxygen atoms in total. The SMILES string of the molecule is CC(C)(O)Cc1ccc2c(c1)CCN2C1CCCC1. The quantitative estimate of drug-likeness (QED) is 0.900. The number of nitrogens with zero attached hydrogens (tertiary/aromatic N) is 1. The third kappa shape index (κ3) is 2.79. The van der Waals surface area contributed by atoms with Gasteiger partial charge in [-0.3, -0.25) is 0 Å². The first-order valence-corrected chi connectivity index (χ1v) is 7.64. The minimum absolute atomic E-state index is 0.613. The van der Waals surface area contributed by atoms with Crippen molar-refractivity contribution >= 4 is 5.69 Å². The molecule has 0 bridgehead atoms. The molecule has 1 aromatic carbocycles. The van der Waals surface area contributed by atoms with Gasteiger partial charge in [-0.2, -0.15) is 0 Å². The van der Waals surface area contributed by atoms with E-state index in [-0.39, 0.29) is 0 Å². The van der Waals surface area contributed by atoms with E-state index >= 15 is 0 Å². The molecule has 1 aliphatic heterocycles. The Morgan fingerprint density at radius 1 is 1.26 bits per heavy atom. The van der Waals surface area contributed by atoms with Crippen LogP contribution in [0.15, 0.2) is 18.2 Å². The number of rotatable bonds is 3. The van der Waals surface area contributed by atoms with Gasteiger partial charge in [-0.1, -0.05) is 25.0 Å². The van der Waals surface area contributed by atoms with E-state index in [0.29, 0.717) is 0 Å². The van der Waals surface area contributed by atoms with E-state index in [4.69, 9.17) is 0 Å². The molecule has 1 N–H and O–H groups in total. The second kappa shape index (κ2) is 4.82. The lowest BCUT2D eigenvalue weighted by Crippen LogP contribution is -2.31. The normalized spacial score (nSPS) is 20.1. The van der Waals surface area contributed by atoms with Crippen LogP contribution in [0.3, 0.4) is 0 Å². The molecule has 0 amide bonds. The van der Waals surface area contributed by atoms with Crippen molar-refractivity contribution in [1.82, 2.24) is 0 Å². The Kier molecular flexibility index (Phi) is 3.30. The van der Waals surface area contributed by atoms with Crippen LogP contribution in [0.2, 0.25) is 0 Å². The molecule has 2 aliphatic rings. The van der Waals surface area contributed by atoms with Gasteiger partial charge in [0.2, 0.25) is 0 Å². The smallest absolute Gasteiger partial charge is 0.0631 e. The summed E-state index contributed by atoms with van der Waals surface area (Å²) in [4.78, 5) is 2.62. The second-order valence-corrected chi connectivity index (χ2v) is 6.83. The van der Waals surface area contributed by atoms with Gasteiger partial charge in [0, 0.05) is 24.7 Å². The molecule has 3 rings (SSSR count). The van der Waals surface area contributed by atoms with Gasteiger partial charge in [0.1, 0.15) is 0 Å². The summed E-state index contributed by atoms with van der Waals surface area (Å²) in [6.45, 7) is 4.95. The topological polar surface area (TPSA) is 23.5 Å². The van der Waals surface area contributed by atoms with E-state index in [2.05, 4.69) is 23.1 Å². The second-order valence-electron chi connectivity index (χ2n) is 6.83. The van der Waals surface area contributed by atoms with E-state index in [1.165, 1.54) is 55.5 Å². The Bertz CT molecular complexity index is 455. The molecule has 1 heterocycles. The van der Waals surface area contributed by atoms with Crippen molar-refractivity contribution in [1.29, 1.82) is 0 Å². The Morgan fingerprint density at radius 2 is 2.00 bits per heavy atom. The van der Waals surface area contributed by atoms with Gasteiger partial charge in [0.05, 0.1) is 5.60 Å². The minimum atomic E-state index is -0.613. The van der Waals surface area contributed by atoms with Crippen LogP contribution >= 0.6 is 0 Å². The molecule has 0 saturated heterocycles. The van der Waals surface area contributed by atoms with Crippen molar-refractivity contribution in [3.05, 3.63) is 29.3 Å². The summed E-state index contributed by atoms with van der Waals surface area (Å²) in [5.41, 5.74) is 3.58. The summed E-state index contributed by atoms with van der Waals surface area (Å²) in [6, 6.07) is 7.56. The number of fused-ring (bicyclic) bond motifs is 1. The van der Waals surface area contributed by atoms with Crippen molar-refractivity contribution in [2.45, 2.75) is 64.0 Å². The molecule has 2 heteroatoms. The fourth-order valence-electron chi connectivity index (χ4n) is 3.69. The zero-order chi connectivity index (χ0) is 13.5. The summed E-state index contributed by atoms with van der Waals surface area (Å²) in [5, 5.41) is 9.93. The number of hydrogen-bond donors (Lipinski definition) is 1. The molecule has 1 saturated carbocycles. The zero-order valence-corrected chi connectivity index (χ0v) is 12.2. The average Bonchev–Trinajstić information content (AvgIpc) is 2.93. The first-order valence-electron chi connectivity index (χ1n) is 7.64. The standard InChI is InChI=1S/C17H25NO/c1-17(2,19)12-13-7-8-16-14(11-13)9-10-18(16)15-5-3-4-6-15/h7-8,11,15,19H,3-6,9-10,12H2,1-2H3. The number of aliphatic hydroxyl groups is 1. The summed E-state index contributed by atoms with van der Waals surface area (Å²) < 4.78 is 0. The molecule has 0 spiro atoms. The van der Waals surface area contributed by atoms with Gasteiger partial charge in [-0.25, -0.2) is 0 Å². The molecule has 0 atom stereocenters. The van der Waals surface area contributed by atoms with Crippen molar-refractivity contribution < 1.29 is 5.11 Å². The van der Waals surface area contributed by atoms with Crippen molar-refractivity contribution in [3.8, 4) is 0 Å². The Labute approximate surface area is 116 Å². The van der Waals surface area contributed by atoms with Crippen molar-refractivity contribution in [2.24, 2.45) is 0 Å². The monoisotopic (exact) mass is 259 g/mol. The van der Waals surface area contributed by atoms with Gasteiger partial charge in [0.25, 0.3) is 0 Å². The molecule has 1 aliphatic carbocycles. The van der Waals surface area contributed by atoms with Crippen LogP contribution in [0, 0.1) is 0 Å². The lowest BCUT2D eigenvalue weighted by Gasteiger charge is -2.27. The first kappa shape index (κ1) is 13.0. The van der Waals surface area contributed by atoms with Gasteiger partial charge in [0.15, 0.2) is 0 Å². The maximum atomic E-state index is 9.93. The summed E-state index contributed by atoms with van der Waals surface area (Å²) in [6.07, 6.45) is 7.44. The van der Waals surface area contributed by atoms with Crippen LogP contribution in [0.1, 0.15) is 50.7 Å². The summed E-state index contributed by atoms with van der Waals surface area (Å²) >= 11 is 0. The Morgan fingerprint density at radius 3 is 2.68 bits per heavy atom. The maximum absolute atomic E-state index is 9.93. The third-order valence-corrected chi connectivity index (χ3v) is 4.48. The van der Waals surface area contributed by atoms with Crippen LogP contribution in [0.4, 0.5) is 5.69 Å². The van der Waals surface area contributed by atoms with Gasteiger partial charge < -0.3 is 10.0 Å². The third-order valence-electron chi connectivity index (χ3n) is 4.48. The summed E-state index contributed by atoms with van der Waals surface area (Å²) in [5.74, 6) is 0. The molecular formula is C17H25NO. The van der Waals surface area contributed by atoms with Crippen LogP contribution in [0.25, 0.3) is 0 Å². The predicted molar refractivity (Wildman–Crippen MR) is 79.7 cm³/mol. The lowest BCUT2D eigenvalue weighted by atomic mass is 9.96. The minimum Gasteiger partial charge on any atom is -0.390 e. The van der Waals surface area contributed by atoms with E-state index < -0.39 is 5.60 Å². The maximum Gasteiger partial charge on any atom is 0.0631 e. The van der Waals surface area contributed by atoms with Crippen molar-refractivity contribution in [3.63, 3.8) is 0 Å². The molecule has 19 heavy (non-hydrogen) atoms. The van der Waals surface area contributed by atoms with Crippen LogP contribution in [-0.2, 0) is 12.8 Å². The fraction of sp³-hybridized carbons (Fsp3) is 0.647. The summed E-state index contributed by atoms with van der Waals surface area (Å²) in [7, 11) is 0. The zero-order valence-electron chi connectivity index (χ0n) is 12.2. The highest BCUT2D eigenvalue weighted by atomic mass is 16.3. The molecule has 0 radical (unpaired) electrons. The predicted octanol–water partition coefficient (Wildman–Crippen LogP) is 3.31. The largest absolute Gasteiger partial charge is 0.390 e. The van der Waals surface area contributed by atoms with Gasteiger partial charge >= 0.3 is 0 Å². The van der Waals surface area contributed by atoms with Crippen molar-refractivity contribution in [2.75, 3.05) is 11.4 Å². The Hall–Kier alpha value is -1.02. The molecule has 104 valence electrons. The van der Waals surface area contributed by atoms with E-state index in [1.54, 1.807) is 0 Å². The average molecular weight is 259 g/mol. The molecule has 1 aromatic rings. The van der Waals surface area contributed by atoms with Crippen LogP contribution < -0.4 is 4.90 Å². The lowest BCUT2D eigenvalue weighted by molar-refractivity contribution is 0.0810. The molecular weight excluding hydrogens is 234 g/mol. The molecule has 0 aromatic heterocycles. The highest BCUT2D eigenvalue weighted by molar-refractivity contribution is 5.60. The van der Waals surface area contributed by atoms with Crippen LogP contribution in [-0.4, -0.2) is 23.3 Å². The van der Waals surface area contributed by atoms with E-state index in [0.717, 1.165) is 12.5 Å². The van der Waals surface area contributed by atoms with E-state index in [9.17, 15) is 5.11 Å². The Balaban J connectivity index is 1.80.